The molecule has 11 nitrogen and oxygen atoms in total. The third-order valence-electron chi connectivity index (χ3n) is 8.89. The second-order valence-corrected chi connectivity index (χ2v) is 26.7. The maximum atomic E-state index is 12.3. The Labute approximate surface area is 273 Å². The van der Waals surface area contributed by atoms with E-state index >= 15 is 0 Å². The monoisotopic (exact) mass is 674 g/mol. The molecule has 1 N–H and O–H groups in total. The van der Waals surface area contributed by atoms with Gasteiger partial charge in [0.1, 0.15) is 23.5 Å². The summed E-state index contributed by atoms with van der Waals surface area (Å²) in [5, 5.41) is 9.64. The molecule has 0 spiro atoms. The second kappa shape index (κ2) is 14.4. The number of aliphatic carboxylic acids is 1. The third-order valence-corrected chi connectivity index (χ3v) is 17.9. The zero-order valence-electron chi connectivity index (χ0n) is 30.8. The van der Waals surface area contributed by atoms with Gasteiger partial charge >= 0.3 is 18.2 Å². The van der Waals surface area contributed by atoms with Gasteiger partial charge in [-0.1, -0.05) is 41.5 Å². The van der Waals surface area contributed by atoms with Gasteiger partial charge in [-0.05, 0) is 90.6 Å². The molecule has 0 aromatic carbocycles. The molecule has 2 amide bonds. The Morgan fingerprint density at radius 1 is 0.667 bits per heavy atom. The van der Waals surface area contributed by atoms with E-state index in [-0.39, 0.29) is 16.2 Å². The molecule has 0 radical (unpaired) electrons. The maximum absolute atomic E-state index is 12.3. The number of carboxylic acids is 1. The summed E-state index contributed by atoms with van der Waals surface area (Å²) >= 11 is 0. The highest BCUT2D eigenvalue weighted by Gasteiger charge is 2.49. The lowest BCUT2D eigenvalue weighted by Gasteiger charge is -2.39. The number of carboxylic acid groups (broad SMARTS) is 1. The number of hydrogen-bond acceptors (Lipinski definition) is 8. The van der Waals surface area contributed by atoms with Crippen LogP contribution in [0.4, 0.5) is 9.59 Å². The minimum absolute atomic E-state index is 0.0185. The van der Waals surface area contributed by atoms with Gasteiger partial charge in [-0.2, -0.15) is 0 Å². The minimum atomic E-state index is -2.11. The molecule has 13 heteroatoms. The van der Waals surface area contributed by atoms with Crippen LogP contribution in [0.5, 0.6) is 0 Å². The van der Waals surface area contributed by atoms with Gasteiger partial charge in [0, 0.05) is 13.1 Å². The Morgan fingerprint density at radius 3 is 1.38 bits per heavy atom. The first-order chi connectivity index (χ1) is 19.9. The molecule has 262 valence electrons. The average Bonchev–Trinajstić information content (AvgIpc) is 3.39. The van der Waals surface area contributed by atoms with Gasteiger partial charge in [0.25, 0.3) is 0 Å². The number of aldehydes is 1. The van der Waals surface area contributed by atoms with Crippen molar-refractivity contribution < 1.29 is 42.6 Å². The van der Waals surface area contributed by atoms with Crippen molar-refractivity contribution >= 4 is 41.1 Å². The molecule has 2 aliphatic heterocycles. The van der Waals surface area contributed by atoms with Gasteiger partial charge in [0.15, 0.2) is 22.7 Å². The van der Waals surface area contributed by atoms with E-state index in [1.54, 1.807) is 20.8 Å². The molecule has 0 aliphatic carbocycles. The van der Waals surface area contributed by atoms with Gasteiger partial charge in [-0.3, -0.25) is 9.80 Å². The number of amides is 2. The Hall–Kier alpha value is -1.97. The number of rotatable bonds is 6. The molecule has 0 bridgehead atoms. The summed E-state index contributed by atoms with van der Waals surface area (Å²) in [6.07, 6.45) is 0.260. The Kier molecular flexibility index (Phi) is 13.2. The highest BCUT2D eigenvalue weighted by Crippen LogP contribution is 2.40. The van der Waals surface area contributed by atoms with Crippen LogP contribution < -0.4 is 0 Å². The molecule has 2 rings (SSSR count). The molecule has 2 fully saturated rings. The van der Waals surface area contributed by atoms with Crippen molar-refractivity contribution in [3.63, 3.8) is 0 Å². The lowest BCUT2D eigenvalue weighted by atomic mass is 10.2. The number of carbonyl (C=O) groups is 4. The molecule has 2 aliphatic rings. The maximum Gasteiger partial charge on any atom is 0.411 e. The number of carbonyl (C=O) groups excluding carboxylic acids is 3. The summed E-state index contributed by atoms with van der Waals surface area (Å²) in [5.74, 6) is -1.04. The fourth-order valence-corrected chi connectivity index (χ4v) is 7.15. The normalized spacial score (nSPS) is 23.3. The zero-order chi connectivity index (χ0) is 35.6. The summed E-state index contributed by atoms with van der Waals surface area (Å²) in [5.41, 5.74) is -1.22. The Balaban J connectivity index is 0.000000450. The van der Waals surface area contributed by atoms with Crippen LogP contribution in [0, 0.1) is 0 Å². The van der Waals surface area contributed by atoms with E-state index in [1.165, 1.54) is 9.80 Å². The number of ether oxygens (including phenoxy) is 2. The van der Waals surface area contributed by atoms with Crippen LogP contribution in [0.15, 0.2) is 0 Å². The molecule has 0 unspecified atom stereocenters. The number of nitrogens with zero attached hydrogens (tertiary/aromatic N) is 2. The zero-order valence-corrected chi connectivity index (χ0v) is 32.8. The highest BCUT2D eigenvalue weighted by atomic mass is 28.4. The van der Waals surface area contributed by atoms with Crippen molar-refractivity contribution in [2.45, 2.75) is 168 Å². The van der Waals surface area contributed by atoms with Gasteiger partial charge in [-0.25, -0.2) is 14.4 Å². The van der Waals surface area contributed by atoms with E-state index in [4.69, 9.17) is 18.3 Å². The van der Waals surface area contributed by atoms with E-state index < -0.39 is 64.2 Å². The second-order valence-electron chi connectivity index (χ2n) is 17.2. The lowest BCUT2D eigenvalue weighted by Crippen LogP contribution is -2.52. The molecule has 0 aromatic heterocycles. The fraction of sp³-hybridized carbons (Fsp3) is 0.875. The van der Waals surface area contributed by atoms with Crippen LogP contribution in [0.1, 0.15) is 95.9 Å². The predicted molar refractivity (Wildman–Crippen MR) is 181 cm³/mol. The van der Waals surface area contributed by atoms with Crippen LogP contribution in [-0.4, -0.2) is 105 Å². The van der Waals surface area contributed by atoms with Gasteiger partial charge in [-0.15, -0.1) is 0 Å². The molecule has 2 heterocycles. The van der Waals surface area contributed by atoms with Crippen molar-refractivity contribution in [3.8, 4) is 0 Å². The number of likely N-dealkylation sites (tertiary alicyclic amines) is 2. The highest BCUT2D eigenvalue weighted by molar-refractivity contribution is 6.74. The van der Waals surface area contributed by atoms with Crippen LogP contribution in [0.3, 0.4) is 0 Å². The van der Waals surface area contributed by atoms with E-state index in [0.29, 0.717) is 25.9 Å². The molecule has 0 aromatic rings. The summed E-state index contributed by atoms with van der Waals surface area (Å²) < 4.78 is 23.3. The fourth-order valence-electron chi connectivity index (χ4n) is 4.43. The topological polar surface area (TPSA) is 132 Å². The first kappa shape index (κ1) is 41.1. The van der Waals surface area contributed by atoms with Crippen LogP contribution in [0.2, 0.25) is 36.3 Å². The van der Waals surface area contributed by atoms with Gasteiger partial charge in [0.05, 0.1) is 12.2 Å². The summed E-state index contributed by atoms with van der Waals surface area (Å²) in [6, 6.07) is -1.54. The summed E-state index contributed by atoms with van der Waals surface area (Å²) in [7, 11) is -4.09. The average molecular weight is 675 g/mol. The Morgan fingerprint density at radius 2 is 1.02 bits per heavy atom. The predicted octanol–water partition coefficient (Wildman–Crippen LogP) is 7.06. The Bertz CT molecular complexity index is 1050. The quantitative estimate of drug-likeness (QED) is 0.232. The first-order valence-electron chi connectivity index (χ1n) is 16.0. The van der Waals surface area contributed by atoms with E-state index in [1.807, 2.05) is 20.8 Å². The van der Waals surface area contributed by atoms with Gasteiger partial charge in [0.2, 0.25) is 0 Å². The van der Waals surface area contributed by atoms with Crippen molar-refractivity contribution in [2.24, 2.45) is 0 Å². The smallest absolute Gasteiger partial charge is 0.411 e. The third kappa shape index (κ3) is 11.7. The van der Waals surface area contributed by atoms with Crippen molar-refractivity contribution in [2.75, 3.05) is 13.1 Å². The van der Waals surface area contributed by atoms with E-state index in [2.05, 4.69) is 67.7 Å². The SMILES string of the molecule is CC(C)(C)OC(=O)N1CC[C@H](O[Si](C)(C)C(C)(C)C)[C@H]1C(=O)O.CC(C)(C)OC(=O)N1CC[C@H](O[Si](C)(C)C(C)(C)C)[C@H]1C=O. The molecule has 2 saturated heterocycles. The lowest BCUT2D eigenvalue weighted by molar-refractivity contribution is -0.144. The van der Waals surface area contributed by atoms with E-state index in [9.17, 15) is 24.3 Å². The van der Waals surface area contributed by atoms with Crippen molar-refractivity contribution in [1.29, 1.82) is 0 Å². The molecular formula is C32H62N2O9Si2. The summed E-state index contributed by atoms with van der Waals surface area (Å²) in [6.45, 7) is 32.9. The molecular weight excluding hydrogens is 613 g/mol. The molecule has 0 saturated carbocycles. The molecule has 4 atom stereocenters. The standard InChI is InChI=1S/C16H31NO5Si.C16H31NO4Si/c1-15(2,3)21-14(20)17-10-9-11(12(17)13(18)19)22-23(7,8)16(4,5)6;1-15(2,3)20-14(19)17-10-9-13(12(17)11-18)21-22(7,8)16(4,5)6/h11-12H,9-10H2,1-8H3,(H,18,19);11-13H,9-10H2,1-8H3/t11-,12-;12-,13+/m01/s1. The van der Waals surface area contributed by atoms with Crippen LogP contribution >= 0.6 is 0 Å². The van der Waals surface area contributed by atoms with Gasteiger partial charge < -0.3 is 28.2 Å². The first-order valence-corrected chi connectivity index (χ1v) is 21.8. The molecule has 45 heavy (non-hydrogen) atoms. The van der Waals surface area contributed by atoms with Crippen molar-refractivity contribution in [3.05, 3.63) is 0 Å². The van der Waals surface area contributed by atoms with Crippen LogP contribution in [0.25, 0.3) is 0 Å². The summed E-state index contributed by atoms with van der Waals surface area (Å²) in [4.78, 5) is 50.5. The number of hydrogen-bond donors (Lipinski definition) is 1. The van der Waals surface area contributed by atoms with E-state index in [0.717, 1.165) is 6.29 Å². The largest absolute Gasteiger partial charge is 0.480 e. The van der Waals surface area contributed by atoms with Crippen LogP contribution in [-0.2, 0) is 27.9 Å². The minimum Gasteiger partial charge on any atom is -0.480 e. The van der Waals surface area contributed by atoms with Crippen molar-refractivity contribution in [1.82, 2.24) is 9.80 Å².